The van der Waals surface area contributed by atoms with Gasteiger partial charge in [-0.3, -0.25) is 0 Å². The van der Waals surface area contributed by atoms with Gasteiger partial charge < -0.3 is 10.5 Å². The van der Waals surface area contributed by atoms with E-state index in [1.807, 2.05) is 24.3 Å². The fraction of sp³-hybridized carbons (Fsp3) is 0.111. The van der Waals surface area contributed by atoms with Gasteiger partial charge in [-0.25, -0.2) is 0 Å². The van der Waals surface area contributed by atoms with Crippen LogP contribution in [-0.2, 0) is 0 Å². The van der Waals surface area contributed by atoms with Crippen molar-refractivity contribution in [2.75, 3.05) is 6.61 Å². The van der Waals surface area contributed by atoms with Crippen molar-refractivity contribution in [3.05, 3.63) is 35.9 Å². The van der Waals surface area contributed by atoms with E-state index in [1.54, 1.807) is 6.08 Å². The molecule has 1 N–H and O–H groups in total. The minimum absolute atomic E-state index is 0.524. The summed E-state index contributed by atoms with van der Waals surface area (Å²) in [7, 11) is 0. The maximum Gasteiger partial charge on any atom is 0.129 e. The third-order valence-corrected chi connectivity index (χ3v) is 1.70. The van der Waals surface area contributed by atoms with E-state index in [0.717, 1.165) is 11.3 Å². The molecule has 1 heterocycles. The fourth-order valence-electron chi connectivity index (χ4n) is 1.14. The Morgan fingerprint density at radius 3 is 2.91 bits per heavy atom. The smallest absolute Gasteiger partial charge is 0.129 e. The monoisotopic (exact) mass is 146 g/mol. The Balaban J connectivity index is 2.56. The molecule has 1 radical (unpaired) electrons. The number of benzene rings is 1. The van der Waals surface area contributed by atoms with Crippen LogP contribution in [0.3, 0.4) is 0 Å². The first-order chi connectivity index (χ1) is 5.38. The van der Waals surface area contributed by atoms with Gasteiger partial charge in [0.25, 0.3) is 0 Å². The van der Waals surface area contributed by atoms with E-state index in [9.17, 15) is 0 Å². The Morgan fingerprint density at radius 2 is 2.09 bits per heavy atom. The summed E-state index contributed by atoms with van der Waals surface area (Å²) in [4.78, 5) is 0. The number of fused-ring (bicyclic) bond motifs is 1. The van der Waals surface area contributed by atoms with Gasteiger partial charge in [0.2, 0.25) is 0 Å². The molecular weight excluding hydrogens is 138 g/mol. The van der Waals surface area contributed by atoms with E-state index in [4.69, 9.17) is 10.5 Å². The highest BCUT2D eigenvalue weighted by molar-refractivity contribution is 5.69. The lowest BCUT2D eigenvalue weighted by Crippen LogP contribution is -2.04. The van der Waals surface area contributed by atoms with E-state index < -0.39 is 0 Å². The second kappa shape index (κ2) is 2.31. The standard InChI is InChI=1S/C9H8NO/c10-8-5-6-11-9-4-2-1-3-7(8)9/h1-5,10H,6H2. The summed E-state index contributed by atoms with van der Waals surface area (Å²) in [5.74, 6) is 0.819. The molecular formula is C9H8NO. The number of rotatable bonds is 0. The summed E-state index contributed by atoms with van der Waals surface area (Å²) in [5.41, 5.74) is 8.98. The van der Waals surface area contributed by atoms with Crippen LogP contribution in [-0.4, -0.2) is 6.61 Å². The molecule has 1 aromatic carbocycles. The number of para-hydroxylation sites is 1. The molecule has 2 rings (SSSR count). The number of ether oxygens (including phenoxy) is 1. The van der Waals surface area contributed by atoms with E-state index in [-0.39, 0.29) is 0 Å². The fourth-order valence-corrected chi connectivity index (χ4v) is 1.14. The summed E-state index contributed by atoms with van der Waals surface area (Å²) in [6, 6.07) is 7.61. The summed E-state index contributed by atoms with van der Waals surface area (Å²) >= 11 is 0. The van der Waals surface area contributed by atoms with Gasteiger partial charge in [-0.1, -0.05) is 12.1 Å². The zero-order valence-corrected chi connectivity index (χ0v) is 6.00. The minimum Gasteiger partial charge on any atom is -0.489 e. The normalized spacial score (nSPS) is 14.7. The average molecular weight is 146 g/mol. The Labute approximate surface area is 65.3 Å². The Hall–Kier alpha value is -1.44. The van der Waals surface area contributed by atoms with Crippen LogP contribution in [0.1, 0.15) is 5.56 Å². The first-order valence-electron chi connectivity index (χ1n) is 3.52. The minimum atomic E-state index is 0.524. The second-order valence-corrected chi connectivity index (χ2v) is 2.42. The van der Waals surface area contributed by atoms with E-state index in [0.29, 0.717) is 12.3 Å². The lowest BCUT2D eigenvalue weighted by atomic mass is 10.1. The summed E-state index contributed by atoms with van der Waals surface area (Å²) in [6.45, 7) is 0.524. The van der Waals surface area contributed by atoms with E-state index in [2.05, 4.69) is 0 Å². The van der Waals surface area contributed by atoms with Crippen LogP contribution in [0.2, 0.25) is 0 Å². The van der Waals surface area contributed by atoms with Crippen molar-refractivity contribution in [2.45, 2.75) is 0 Å². The van der Waals surface area contributed by atoms with Gasteiger partial charge in [-0.2, -0.15) is 0 Å². The first kappa shape index (κ1) is 6.28. The Morgan fingerprint density at radius 1 is 1.27 bits per heavy atom. The molecule has 0 bridgehead atoms. The third kappa shape index (κ3) is 0.963. The van der Waals surface area contributed by atoms with Crippen LogP contribution in [0, 0.1) is 0 Å². The second-order valence-electron chi connectivity index (χ2n) is 2.42. The van der Waals surface area contributed by atoms with Gasteiger partial charge in [0.1, 0.15) is 12.4 Å². The Bertz CT molecular complexity index is 304. The van der Waals surface area contributed by atoms with Crippen molar-refractivity contribution in [2.24, 2.45) is 0 Å². The van der Waals surface area contributed by atoms with Gasteiger partial charge in [0.15, 0.2) is 0 Å². The largest absolute Gasteiger partial charge is 0.489 e. The molecule has 2 nitrogen and oxygen atoms in total. The van der Waals surface area contributed by atoms with Crippen LogP contribution < -0.4 is 10.5 Å². The van der Waals surface area contributed by atoms with Crippen molar-refractivity contribution in [3.8, 4) is 5.75 Å². The first-order valence-corrected chi connectivity index (χ1v) is 3.52. The average Bonchev–Trinajstić information content (AvgIpc) is 2.06. The molecule has 1 aromatic rings. The zero-order chi connectivity index (χ0) is 7.68. The molecule has 0 unspecified atom stereocenters. The molecule has 11 heavy (non-hydrogen) atoms. The predicted molar refractivity (Wildman–Crippen MR) is 43.0 cm³/mol. The lowest BCUT2D eigenvalue weighted by molar-refractivity contribution is 0.357. The van der Waals surface area contributed by atoms with Gasteiger partial charge in [0.05, 0.1) is 5.70 Å². The Kier molecular flexibility index (Phi) is 1.32. The van der Waals surface area contributed by atoms with Gasteiger partial charge in [-0.15, -0.1) is 0 Å². The van der Waals surface area contributed by atoms with Crippen molar-refractivity contribution in [1.82, 2.24) is 5.73 Å². The van der Waals surface area contributed by atoms with E-state index >= 15 is 0 Å². The predicted octanol–water partition coefficient (Wildman–Crippen LogP) is 1.70. The molecule has 0 spiro atoms. The third-order valence-electron chi connectivity index (χ3n) is 1.70. The molecule has 55 valence electrons. The van der Waals surface area contributed by atoms with Gasteiger partial charge >= 0.3 is 0 Å². The number of nitrogens with one attached hydrogen (secondary N) is 1. The van der Waals surface area contributed by atoms with Crippen LogP contribution in [0.25, 0.3) is 5.70 Å². The zero-order valence-electron chi connectivity index (χ0n) is 6.00. The maximum atomic E-state index is 7.53. The highest BCUT2D eigenvalue weighted by Gasteiger charge is 2.09. The van der Waals surface area contributed by atoms with E-state index in [1.165, 1.54) is 0 Å². The van der Waals surface area contributed by atoms with Gasteiger partial charge in [0, 0.05) is 5.56 Å². The quantitative estimate of drug-likeness (QED) is 0.548. The van der Waals surface area contributed by atoms with Crippen molar-refractivity contribution >= 4 is 5.70 Å². The molecule has 1 aliphatic heterocycles. The van der Waals surface area contributed by atoms with Crippen molar-refractivity contribution in [1.29, 1.82) is 0 Å². The highest BCUT2D eigenvalue weighted by Crippen LogP contribution is 2.26. The van der Waals surface area contributed by atoms with Crippen LogP contribution in [0.4, 0.5) is 0 Å². The molecule has 0 aliphatic carbocycles. The van der Waals surface area contributed by atoms with Crippen molar-refractivity contribution < 1.29 is 4.74 Å². The molecule has 0 saturated heterocycles. The summed E-state index contributed by atoms with van der Waals surface area (Å²) in [5, 5.41) is 0. The number of hydrogen-bond acceptors (Lipinski definition) is 1. The molecule has 0 saturated carbocycles. The maximum absolute atomic E-state index is 7.53. The number of hydrogen-bond donors (Lipinski definition) is 0. The molecule has 1 aliphatic rings. The summed E-state index contributed by atoms with van der Waals surface area (Å²) < 4.78 is 5.30. The SMILES string of the molecule is [NH]C1=CCOc2ccccc21. The van der Waals surface area contributed by atoms with Crippen LogP contribution in [0.15, 0.2) is 30.3 Å². The molecule has 0 amide bonds. The molecule has 0 aromatic heterocycles. The lowest BCUT2D eigenvalue weighted by Gasteiger charge is -2.14. The molecule has 0 fully saturated rings. The van der Waals surface area contributed by atoms with Crippen LogP contribution >= 0.6 is 0 Å². The van der Waals surface area contributed by atoms with Gasteiger partial charge in [-0.05, 0) is 18.2 Å². The highest BCUT2D eigenvalue weighted by atomic mass is 16.5. The van der Waals surface area contributed by atoms with Crippen LogP contribution in [0.5, 0.6) is 5.75 Å². The summed E-state index contributed by atoms with van der Waals surface area (Å²) in [6.07, 6.45) is 1.77. The molecule has 2 heteroatoms. The molecule has 0 atom stereocenters. The van der Waals surface area contributed by atoms with Crippen molar-refractivity contribution in [3.63, 3.8) is 0 Å². The topological polar surface area (TPSA) is 33.0 Å².